The van der Waals surface area contributed by atoms with Crippen molar-refractivity contribution in [3.63, 3.8) is 0 Å². The van der Waals surface area contributed by atoms with Crippen molar-refractivity contribution in [2.45, 2.75) is 75.3 Å². The second-order valence-corrected chi connectivity index (χ2v) is 14.8. The summed E-state index contributed by atoms with van der Waals surface area (Å²) in [5.41, 5.74) is 2.40. The summed E-state index contributed by atoms with van der Waals surface area (Å²) in [5.74, 6) is -9.99. The van der Waals surface area contributed by atoms with Crippen molar-refractivity contribution < 1.29 is 58.7 Å². The average molecular weight is 744 g/mol. The summed E-state index contributed by atoms with van der Waals surface area (Å²) in [5, 5.41) is 48.8. The number of nitrogens with zero attached hydrogens (tertiary/aromatic N) is 3. The number of ether oxygens (including phenoxy) is 2. The molecule has 3 amide bonds. The number of carbonyl (C=O) groups excluding carboxylic acids is 6. The first-order chi connectivity index (χ1) is 24.8. The Bertz CT molecular complexity index is 1710. The van der Waals surface area contributed by atoms with Gasteiger partial charge in [-0.3, -0.25) is 33.8 Å². The van der Waals surface area contributed by atoms with Crippen LogP contribution in [0.2, 0.25) is 0 Å². The van der Waals surface area contributed by atoms with Gasteiger partial charge in [0.25, 0.3) is 5.91 Å². The number of amides is 3. The molecule has 5 atom stereocenters. The Morgan fingerprint density at radius 3 is 2.30 bits per heavy atom. The molecule has 0 radical (unpaired) electrons. The normalized spacial score (nSPS) is 27.8. The molecule has 5 rings (SSSR count). The fourth-order valence-corrected chi connectivity index (χ4v) is 7.92. The lowest BCUT2D eigenvalue weighted by molar-refractivity contribution is -0.160. The lowest BCUT2D eigenvalue weighted by atomic mass is 9.59. The molecule has 0 aromatic rings. The van der Waals surface area contributed by atoms with Crippen LogP contribution in [0.25, 0.3) is 0 Å². The number of ketones is 2. The van der Waals surface area contributed by atoms with Crippen LogP contribution in [-0.4, -0.2) is 142 Å². The van der Waals surface area contributed by atoms with E-state index in [0.29, 0.717) is 31.4 Å². The van der Waals surface area contributed by atoms with Crippen LogP contribution in [0.4, 0.5) is 4.79 Å². The first kappa shape index (κ1) is 39.6. The first-order valence-electron chi connectivity index (χ1n) is 17.7. The number of likely N-dealkylation sites (N-methyl/N-ethyl adjacent to an activating group) is 2. The molecule has 0 aromatic heterocycles. The van der Waals surface area contributed by atoms with Crippen molar-refractivity contribution in [3.8, 4) is 0 Å². The van der Waals surface area contributed by atoms with Crippen LogP contribution in [0.3, 0.4) is 0 Å². The molecule has 1 fully saturated rings. The molecule has 1 unspecified atom stereocenters. The topological polar surface area (TPSA) is 250 Å². The molecule has 17 heteroatoms. The van der Waals surface area contributed by atoms with Crippen molar-refractivity contribution in [1.29, 1.82) is 0 Å². The van der Waals surface area contributed by atoms with E-state index in [0.717, 1.165) is 17.4 Å². The Kier molecular flexibility index (Phi) is 11.2. The van der Waals surface area contributed by atoms with Gasteiger partial charge < -0.3 is 45.9 Å². The van der Waals surface area contributed by atoms with Gasteiger partial charge in [0.1, 0.15) is 29.5 Å². The second kappa shape index (κ2) is 15.0. The van der Waals surface area contributed by atoms with Gasteiger partial charge in [-0.25, -0.2) is 4.79 Å². The van der Waals surface area contributed by atoms with Crippen molar-refractivity contribution in [2.24, 2.45) is 23.5 Å². The number of primary amides is 1. The van der Waals surface area contributed by atoms with Gasteiger partial charge >= 0.3 is 12.1 Å². The highest BCUT2D eigenvalue weighted by atomic mass is 16.7. The van der Waals surface area contributed by atoms with Gasteiger partial charge in [0.2, 0.25) is 18.5 Å². The van der Waals surface area contributed by atoms with E-state index in [9.17, 15) is 49.2 Å². The number of aliphatic hydroxyl groups is 4. The number of rotatable bonds is 12. The lowest BCUT2D eigenvalue weighted by Crippen LogP contribution is -2.62. The zero-order chi connectivity index (χ0) is 39.2. The van der Waals surface area contributed by atoms with E-state index < -0.39 is 101 Å². The van der Waals surface area contributed by atoms with E-state index in [1.807, 2.05) is 6.92 Å². The molecule has 17 nitrogen and oxygen atoms in total. The van der Waals surface area contributed by atoms with Crippen molar-refractivity contribution >= 4 is 35.4 Å². The Balaban J connectivity index is 1.40. The van der Waals surface area contributed by atoms with Crippen LogP contribution in [0, 0.1) is 17.8 Å². The number of allylic oxidation sites excluding steroid dienone is 2. The monoisotopic (exact) mass is 743 g/mol. The van der Waals surface area contributed by atoms with E-state index in [-0.39, 0.29) is 36.5 Å². The minimum atomic E-state index is -2.98. The Morgan fingerprint density at radius 2 is 1.74 bits per heavy atom. The predicted molar refractivity (Wildman–Crippen MR) is 185 cm³/mol. The number of nitrogens with one attached hydrogen (secondary N) is 1. The third kappa shape index (κ3) is 7.22. The lowest BCUT2D eigenvalue weighted by Gasteiger charge is -2.50. The molecule has 0 heterocycles. The summed E-state index contributed by atoms with van der Waals surface area (Å²) in [6, 6.07) is -2.68. The first-order valence-corrected chi connectivity index (χ1v) is 17.7. The summed E-state index contributed by atoms with van der Waals surface area (Å²) in [6.07, 6.45) is 5.13. The molecule has 5 aliphatic carbocycles. The third-order valence-corrected chi connectivity index (χ3v) is 10.9. The minimum Gasteiger partial charge on any atom is -0.508 e. The maximum atomic E-state index is 14.3. The highest BCUT2D eigenvalue weighted by Crippen LogP contribution is 2.53. The van der Waals surface area contributed by atoms with Crippen molar-refractivity contribution in [2.75, 3.05) is 48.1 Å². The predicted octanol–water partition coefficient (Wildman–Crippen LogP) is -0.476. The number of aliphatic hydroxyl groups excluding tert-OH is 1. The molecule has 0 aliphatic heterocycles. The highest BCUT2D eigenvalue weighted by molar-refractivity contribution is 6.22. The molecule has 0 spiro atoms. The van der Waals surface area contributed by atoms with E-state index in [4.69, 9.17) is 15.2 Å². The van der Waals surface area contributed by atoms with E-state index in [1.54, 1.807) is 33.1 Å². The summed E-state index contributed by atoms with van der Waals surface area (Å²) in [7, 11) is 6.49. The van der Waals surface area contributed by atoms with Crippen LogP contribution in [0.1, 0.15) is 51.9 Å². The summed E-state index contributed by atoms with van der Waals surface area (Å²) in [4.78, 5) is 82.5. The Labute approximate surface area is 306 Å². The largest absolute Gasteiger partial charge is 0.508 e. The average Bonchev–Trinajstić information content (AvgIpc) is 3.03. The zero-order valence-electron chi connectivity index (χ0n) is 30.6. The number of Topliss-reactive ketones (excluding diaryl/α,β-unsaturated/α-hetero) is 2. The molecular weight excluding hydrogens is 694 g/mol. The third-order valence-electron chi connectivity index (χ3n) is 10.9. The quantitative estimate of drug-likeness (QED) is 0.0840. The second-order valence-electron chi connectivity index (χ2n) is 14.8. The van der Waals surface area contributed by atoms with Crippen LogP contribution in [0.5, 0.6) is 0 Å². The number of nitrogens with two attached hydrogens (primary N) is 1. The van der Waals surface area contributed by atoms with Crippen molar-refractivity contribution in [3.05, 3.63) is 45.9 Å². The zero-order valence-corrected chi connectivity index (χ0v) is 30.6. The molecule has 5 aliphatic rings. The maximum Gasteiger partial charge on any atom is 0.413 e. The van der Waals surface area contributed by atoms with Gasteiger partial charge in [-0.2, -0.15) is 0 Å². The van der Waals surface area contributed by atoms with E-state index in [2.05, 4.69) is 5.32 Å². The number of hydrogen-bond donors (Lipinski definition) is 6. The van der Waals surface area contributed by atoms with Gasteiger partial charge in [-0.1, -0.05) is 19.8 Å². The SMILES string of the molecule is CCCCN(CC(=O)NC1C=C(N(C)C)C2=C(C(=O)C3=C[C@@]4(O)C(O)=C(C(N)=O)C(=O)[C@@H](N(C)C)[C@@H]4C[C@@H]3C2)C1(O)O)C(=O)OCOC(=O)C1CCC1. The number of esters is 1. The maximum absolute atomic E-state index is 14.3. The number of carbonyl (C=O) groups is 6. The van der Waals surface area contributed by atoms with Gasteiger partial charge in [0, 0.05) is 37.8 Å². The summed E-state index contributed by atoms with van der Waals surface area (Å²) in [6.45, 7) is 0.806. The van der Waals surface area contributed by atoms with Crippen molar-refractivity contribution in [1.82, 2.24) is 20.0 Å². The van der Waals surface area contributed by atoms with Crippen LogP contribution in [0.15, 0.2) is 45.9 Å². The molecule has 0 aromatic carbocycles. The molecule has 290 valence electrons. The molecule has 53 heavy (non-hydrogen) atoms. The molecule has 1 saturated carbocycles. The molecule has 7 N–H and O–H groups in total. The van der Waals surface area contributed by atoms with Crippen LogP contribution in [-0.2, 0) is 33.4 Å². The van der Waals surface area contributed by atoms with E-state index in [1.165, 1.54) is 11.0 Å². The smallest absolute Gasteiger partial charge is 0.413 e. The highest BCUT2D eigenvalue weighted by Gasteiger charge is 2.60. The summed E-state index contributed by atoms with van der Waals surface area (Å²) < 4.78 is 10.1. The Morgan fingerprint density at radius 1 is 1.06 bits per heavy atom. The van der Waals surface area contributed by atoms with Crippen LogP contribution >= 0.6 is 0 Å². The number of hydrogen-bond acceptors (Lipinski definition) is 14. The van der Waals surface area contributed by atoms with Gasteiger partial charge in [-0.15, -0.1) is 0 Å². The summed E-state index contributed by atoms with van der Waals surface area (Å²) >= 11 is 0. The van der Waals surface area contributed by atoms with Gasteiger partial charge in [-0.05, 0) is 69.8 Å². The fraction of sp³-hybridized carbons (Fsp3) is 0.611. The minimum absolute atomic E-state index is 0.00372. The fourth-order valence-electron chi connectivity index (χ4n) is 7.92. The van der Waals surface area contributed by atoms with Crippen LogP contribution < -0.4 is 11.1 Å². The standard InChI is InChI=1S/C36H49N5O12/c1-6-7-11-41(34(48)53-17-52-33(47)18-9-8-10-18)16-25(42)38-24-14-23(39(2)3)20-12-19-13-22-28(40(4)5)30(44)26(32(37)46)31(45)35(22,49)15-21(19)29(43)27(20)36(24,50)51/h14-15,18-19,22,24,28,45,49-51H,6-13,16-17H2,1-5H3,(H2,37,46)(H,38,42)/t19-,22-,24?,28-,35-/m0/s1. The Hall–Kier alpha value is -4.58. The van der Waals surface area contributed by atoms with E-state index >= 15 is 0 Å². The molecule has 0 saturated heterocycles. The molecule has 0 bridgehead atoms. The number of fused-ring (bicyclic) bond motifs is 2. The number of unbranched alkanes of at least 4 members (excludes halogenated alkanes) is 1. The molecular formula is C36H49N5O12. The van der Waals surface area contributed by atoms with Gasteiger partial charge in [0.15, 0.2) is 11.6 Å². The van der Waals surface area contributed by atoms with Gasteiger partial charge in [0.05, 0.1) is 17.5 Å².